The molecule has 2 amide bonds. The number of piperidine rings is 1. The van der Waals surface area contributed by atoms with Crippen LogP contribution in [0.5, 0.6) is 0 Å². The van der Waals surface area contributed by atoms with Crippen LogP contribution >= 0.6 is 11.3 Å². The van der Waals surface area contributed by atoms with E-state index in [0.29, 0.717) is 25.3 Å². The van der Waals surface area contributed by atoms with Gasteiger partial charge in [0.25, 0.3) is 0 Å². The van der Waals surface area contributed by atoms with Crippen LogP contribution in [0.4, 0.5) is 0 Å². The van der Waals surface area contributed by atoms with Gasteiger partial charge >= 0.3 is 0 Å². The van der Waals surface area contributed by atoms with Crippen LogP contribution in [-0.4, -0.2) is 41.3 Å². The van der Waals surface area contributed by atoms with E-state index in [2.05, 4.69) is 31.5 Å². The first kappa shape index (κ1) is 19.9. The van der Waals surface area contributed by atoms with Gasteiger partial charge in [0.15, 0.2) is 0 Å². The van der Waals surface area contributed by atoms with E-state index in [4.69, 9.17) is 4.98 Å². The molecule has 2 rings (SSSR count). The van der Waals surface area contributed by atoms with Crippen molar-refractivity contribution in [2.45, 2.75) is 65.7 Å². The van der Waals surface area contributed by atoms with E-state index in [1.807, 2.05) is 11.8 Å². The molecule has 25 heavy (non-hydrogen) atoms. The minimum atomic E-state index is 0.0291. The molecule has 1 N–H and O–H groups in total. The van der Waals surface area contributed by atoms with Crippen molar-refractivity contribution in [2.24, 2.45) is 5.41 Å². The Morgan fingerprint density at radius 3 is 2.84 bits per heavy atom. The summed E-state index contributed by atoms with van der Waals surface area (Å²) >= 11 is 1.69. The first-order valence-electron chi connectivity index (χ1n) is 9.27. The van der Waals surface area contributed by atoms with Crippen molar-refractivity contribution < 1.29 is 9.59 Å². The molecular formula is C19H31N3O2S. The van der Waals surface area contributed by atoms with Crippen molar-refractivity contribution in [1.82, 2.24) is 15.2 Å². The van der Waals surface area contributed by atoms with Crippen molar-refractivity contribution in [3.8, 4) is 0 Å². The van der Waals surface area contributed by atoms with Crippen LogP contribution in [0.2, 0.25) is 0 Å². The van der Waals surface area contributed by atoms with E-state index >= 15 is 0 Å². The Labute approximate surface area is 155 Å². The van der Waals surface area contributed by atoms with E-state index in [0.717, 1.165) is 43.1 Å². The summed E-state index contributed by atoms with van der Waals surface area (Å²) < 4.78 is 0. The summed E-state index contributed by atoms with van der Waals surface area (Å²) in [4.78, 5) is 30.6. The molecule has 0 unspecified atom stereocenters. The fourth-order valence-corrected chi connectivity index (χ4v) is 4.03. The lowest BCUT2D eigenvalue weighted by atomic mass is 9.90. The van der Waals surface area contributed by atoms with Crippen LogP contribution in [0, 0.1) is 5.41 Å². The summed E-state index contributed by atoms with van der Waals surface area (Å²) in [6, 6.07) is 0. The Kier molecular flexibility index (Phi) is 6.99. The molecule has 5 nitrogen and oxygen atoms in total. The second-order valence-electron chi connectivity index (χ2n) is 8.05. The van der Waals surface area contributed by atoms with E-state index in [-0.39, 0.29) is 17.2 Å². The molecule has 1 aliphatic heterocycles. The molecule has 1 saturated heterocycles. The van der Waals surface area contributed by atoms with Gasteiger partial charge in [0.05, 0.1) is 10.7 Å². The fraction of sp³-hybridized carbons (Fsp3) is 0.737. The lowest BCUT2D eigenvalue weighted by molar-refractivity contribution is -0.134. The average Bonchev–Trinajstić information content (AvgIpc) is 3.02. The number of hydrogen-bond donors (Lipinski definition) is 1. The molecule has 0 bridgehead atoms. The molecule has 1 aromatic rings. The van der Waals surface area contributed by atoms with Gasteiger partial charge < -0.3 is 10.2 Å². The normalized spacial score (nSPS) is 18.2. The highest BCUT2D eigenvalue weighted by atomic mass is 32.1. The quantitative estimate of drug-likeness (QED) is 0.841. The van der Waals surface area contributed by atoms with Gasteiger partial charge in [-0.05, 0) is 18.3 Å². The number of nitrogens with zero attached hydrogens (tertiary/aromatic N) is 2. The second kappa shape index (κ2) is 8.79. The van der Waals surface area contributed by atoms with Crippen LogP contribution in [0.15, 0.2) is 5.38 Å². The predicted molar refractivity (Wildman–Crippen MR) is 102 cm³/mol. The Bertz CT molecular complexity index is 592. The first-order valence-corrected chi connectivity index (χ1v) is 10.1. The maximum Gasteiger partial charge on any atom is 0.223 e. The van der Waals surface area contributed by atoms with Crippen LogP contribution < -0.4 is 5.32 Å². The molecule has 1 atom stereocenters. The smallest absolute Gasteiger partial charge is 0.223 e. The number of carbonyl (C=O) groups excluding carboxylic acids is 2. The standard InChI is InChI=1S/C19H31N3O2S/c1-5-16(23)20-9-8-15-13-25-18(21-15)14-7-6-10-22(12-14)17(24)11-19(2,3)4/h13-14H,5-12H2,1-4H3,(H,20,23)/t14-/m1/s1. The Morgan fingerprint density at radius 1 is 1.40 bits per heavy atom. The summed E-state index contributed by atoms with van der Waals surface area (Å²) in [6.07, 6.45) is 4.02. The molecule has 0 radical (unpaired) electrons. The molecule has 1 aromatic heterocycles. The average molecular weight is 366 g/mol. The second-order valence-corrected chi connectivity index (χ2v) is 8.94. The van der Waals surface area contributed by atoms with Gasteiger partial charge in [-0.1, -0.05) is 27.7 Å². The van der Waals surface area contributed by atoms with Crippen LogP contribution in [0.1, 0.15) is 70.0 Å². The third-order valence-corrected chi connectivity index (χ3v) is 5.45. The number of rotatable bonds is 6. The van der Waals surface area contributed by atoms with Crippen molar-refractivity contribution in [3.05, 3.63) is 16.1 Å². The third kappa shape index (κ3) is 6.42. The molecule has 1 fully saturated rings. The highest BCUT2D eigenvalue weighted by Crippen LogP contribution is 2.30. The summed E-state index contributed by atoms with van der Waals surface area (Å²) in [6.45, 7) is 10.5. The van der Waals surface area contributed by atoms with E-state index < -0.39 is 0 Å². The number of thiazole rings is 1. The topological polar surface area (TPSA) is 62.3 Å². The molecule has 0 saturated carbocycles. The number of nitrogens with one attached hydrogen (secondary N) is 1. The first-order chi connectivity index (χ1) is 11.8. The number of carbonyl (C=O) groups is 2. The van der Waals surface area contributed by atoms with Gasteiger partial charge in [-0.3, -0.25) is 9.59 Å². The molecule has 2 heterocycles. The van der Waals surface area contributed by atoms with E-state index in [1.54, 1.807) is 11.3 Å². The number of aromatic nitrogens is 1. The Morgan fingerprint density at radius 2 is 2.16 bits per heavy atom. The molecule has 0 aliphatic carbocycles. The minimum Gasteiger partial charge on any atom is -0.356 e. The third-order valence-electron chi connectivity index (χ3n) is 4.40. The zero-order valence-electron chi connectivity index (χ0n) is 15.9. The van der Waals surface area contributed by atoms with Crippen molar-refractivity contribution in [3.63, 3.8) is 0 Å². The predicted octanol–water partition coefficient (Wildman–Crippen LogP) is 3.35. The van der Waals surface area contributed by atoms with E-state index in [1.165, 1.54) is 0 Å². The van der Waals surface area contributed by atoms with Crippen molar-refractivity contribution >= 4 is 23.2 Å². The van der Waals surface area contributed by atoms with Gasteiger partial charge in [0.1, 0.15) is 0 Å². The van der Waals surface area contributed by atoms with Crippen molar-refractivity contribution in [2.75, 3.05) is 19.6 Å². The van der Waals surface area contributed by atoms with Gasteiger partial charge in [-0.2, -0.15) is 0 Å². The molecule has 1 aliphatic rings. The van der Waals surface area contributed by atoms with Gasteiger partial charge in [-0.15, -0.1) is 11.3 Å². The number of hydrogen-bond acceptors (Lipinski definition) is 4. The number of amides is 2. The lowest BCUT2D eigenvalue weighted by Gasteiger charge is -2.33. The zero-order chi connectivity index (χ0) is 18.4. The van der Waals surface area contributed by atoms with Gasteiger partial charge in [-0.25, -0.2) is 4.98 Å². The summed E-state index contributed by atoms with van der Waals surface area (Å²) in [5.41, 5.74) is 1.07. The highest BCUT2D eigenvalue weighted by Gasteiger charge is 2.28. The lowest BCUT2D eigenvalue weighted by Crippen LogP contribution is -2.40. The Balaban J connectivity index is 1.88. The SMILES string of the molecule is CCC(=O)NCCc1csc([C@@H]2CCCN(C(=O)CC(C)(C)C)C2)n1. The summed E-state index contributed by atoms with van der Waals surface area (Å²) in [5, 5.41) is 6.10. The summed E-state index contributed by atoms with van der Waals surface area (Å²) in [5.74, 6) is 0.689. The summed E-state index contributed by atoms with van der Waals surface area (Å²) in [7, 11) is 0. The van der Waals surface area contributed by atoms with Crippen molar-refractivity contribution in [1.29, 1.82) is 0 Å². The largest absolute Gasteiger partial charge is 0.356 e. The van der Waals surface area contributed by atoms with Gasteiger partial charge in [0, 0.05) is 50.2 Å². The Hall–Kier alpha value is -1.43. The van der Waals surface area contributed by atoms with Crippen LogP contribution in [0.25, 0.3) is 0 Å². The monoisotopic (exact) mass is 365 g/mol. The highest BCUT2D eigenvalue weighted by molar-refractivity contribution is 7.09. The molecule has 0 spiro atoms. The molecule has 0 aromatic carbocycles. The number of likely N-dealkylation sites (tertiary alicyclic amines) is 1. The van der Waals surface area contributed by atoms with Crippen LogP contribution in [0.3, 0.4) is 0 Å². The molecule has 6 heteroatoms. The van der Waals surface area contributed by atoms with Gasteiger partial charge in [0.2, 0.25) is 11.8 Å². The minimum absolute atomic E-state index is 0.0291. The fourth-order valence-electron chi connectivity index (χ4n) is 3.05. The van der Waals surface area contributed by atoms with E-state index in [9.17, 15) is 9.59 Å². The van der Waals surface area contributed by atoms with Crippen LogP contribution in [-0.2, 0) is 16.0 Å². The maximum atomic E-state index is 12.5. The molecular weight excluding hydrogens is 334 g/mol. The zero-order valence-corrected chi connectivity index (χ0v) is 16.7. The maximum absolute atomic E-state index is 12.5. The molecule has 140 valence electrons.